The minimum atomic E-state index is -3.66. The van der Waals surface area contributed by atoms with Crippen LogP contribution in [0.15, 0.2) is 18.2 Å². The summed E-state index contributed by atoms with van der Waals surface area (Å²) in [5.41, 5.74) is 6.18. The molecule has 0 fully saturated rings. The zero-order chi connectivity index (χ0) is 14.8. The molecule has 0 aliphatic carbocycles. The van der Waals surface area contributed by atoms with Crippen LogP contribution in [0.5, 0.6) is 5.75 Å². The van der Waals surface area contributed by atoms with Gasteiger partial charge in [0.2, 0.25) is 0 Å². The molecule has 1 aliphatic rings. The van der Waals surface area contributed by atoms with Crippen LogP contribution in [-0.4, -0.2) is 41.1 Å². The van der Waals surface area contributed by atoms with E-state index in [0.29, 0.717) is 17.1 Å². The summed E-state index contributed by atoms with van der Waals surface area (Å²) in [5.74, 6) is 0.293. The highest BCUT2D eigenvalue weighted by molar-refractivity contribution is 7.90. The molecule has 0 radical (unpaired) electrons. The summed E-state index contributed by atoms with van der Waals surface area (Å²) in [6.07, 6.45) is 0. The van der Waals surface area contributed by atoms with Crippen LogP contribution in [0.25, 0.3) is 0 Å². The maximum absolute atomic E-state index is 11.7. The molecule has 1 aromatic carbocycles. The number of nitrogens with one attached hydrogen (secondary N) is 2. The third-order valence-corrected chi connectivity index (χ3v) is 3.82. The number of likely N-dealkylation sites (N-methyl/N-ethyl adjacent to an activating group) is 1. The summed E-state index contributed by atoms with van der Waals surface area (Å²) in [4.78, 5) is 12.9. The smallest absolute Gasteiger partial charge is 0.299 e. The van der Waals surface area contributed by atoms with E-state index in [-0.39, 0.29) is 25.6 Å². The number of benzene rings is 1. The van der Waals surface area contributed by atoms with Crippen LogP contribution < -0.4 is 24.8 Å². The molecule has 0 spiro atoms. The number of hydrogen-bond acceptors (Lipinski definition) is 5. The van der Waals surface area contributed by atoms with E-state index < -0.39 is 10.2 Å². The highest BCUT2D eigenvalue weighted by Crippen LogP contribution is 2.33. The minimum absolute atomic E-state index is 0.0644. The fraction of sp³-hybridized carbons (Fsp3) is 0.364. The standard InChI is InChI=1S/C11H16N4O4S/c1-15-9-3-2-8(6-10(9)19-7-11(15)16)14-20(17,18)13-5-4-12/h2-3,6,13-14H,4-5,7,12H2,1H3. The summed E-state index contributed by atoms with van der Waals surface area (Å²) in [7, 11) is -2.03. The second-order valence-corrected chi connectivity index (χ2v) is 5.71. The predicted molar refractivity (Wildman–Crippen MR) is 74.9 cm³/mol. The van der Waals surface area contributed by atoms with Gasteiger partial charge in [-0.1, -0.05) is 0 Å². The Labute approximate surface area is 117 Å². The topological polar surface area (TPSA) is 114 Å². The number of hydrogen-bond donors (Lipinski definition) is 3. The fourth-order valence-electron chi connectivity index (χ4n) is 1.73. The SMILES string of the molecule is CN1C(=O)COc2cc(NS(=O)(=O)NCCN)ccc21. The molecule has 1 aromatic rings. The van der Waals surface area contributed by atoms with E-state index in [1.54, 1.807) is 19.2 Å². The molecule has 0 atom stereocenters. The van der Waals surface area contributed by atoms with Crippen molar-refractivity contribution < 1.29 is 17.9 Å². The molecule has 9 heteroatoms. The van der Waals surface area contributed by atoms with Gasteiger partial charge in [-0.05, 0) is 12.1 Å². The molecule has 1 amide bonds. The third-order valence-electron chi connectivity index (χ3n) is 2.74. The Bertz CT molecular complexity index is 617. The molecular formula is C11H16N4O4S. The number of rotatable bonds is 5. The van der Waals surface area contributed by atoms with Crippen molar-refractivity contribution in [1.82, 2.24) is 4.72 Å². The summed E-state index contributed by atoms with van der Waals surface area (Å²) >= 11 is 0. The second-order valence-electron chi connectivity index (χ2n) is 4.21. The van der Waals surface area contributed by atoms with Gasteiger partial charge in [0.25, 0.3) is 16.1 Å². The Kier molecular flexibility index (Phi) is 4.12. The first-order valence-electron chi connectivity index (χ1n) is 5.94. The lowest BCUT2D eigenvalue weighted by atomic mass is 10.2. The van der Waals surface area contributed by atoms with E-state index in [1.165, 1.54) is 11.0 Å². The Morgan fingerprint density at radius 3 is 2.90 bits per heavy atom. The molecule has 0 saturated heterocycles. The van der Waals surface area contributed by atoms with E-state index in [0.717, 1.165) is 0 Å². The minimum Gasteiger partial charge on any atom is -0.481 e. The van der Waals surface area contributed by atoms with Gasteiger partial charge in [0.15, 0.2) is 6.61 Å². The number of nitrogens with zero attached hydrogens (tertiary/aromatic N) is 1. The molecular weight excluding hydrogens is 284 g/mol. The third kappa shape index (κ3) is 3.18. The van der Waals surface area contributed by atoms with E-state index in [9.17, 15) is 13.2 Å². The van der Waals surface area contributed by atoms with Gasteiger partial charge in [-0.25, -0.2) is 0 Å². The number of anilines is 2. The van der Waals surface area contributed by atoms with Crippen LogP contribution in [0.1, 0.15) is 0 Å². The summed E-state index contributed by atoms with van der Waals surface area (Å²) in [6.45, 7) is 0.292. The lowest BCUT2D eigenvalue weighted by Gasteiger charge is -2.26. The molecule has 1 aliphatic heterocycles. The summed E-state index contributed by atoms with van der Waals surface area (Å²) < 4.78 is 33.2. The van der Waals surface area contributed by atoms with Gasteiger partial charge in [0.05, 0.1) is 11.4 Å². The number of carbonyl (C=O) groups is 1. The molecule has 2 rings (SSSR count). The van der Waals surface area contributed by atoms with E-state index in [2.05, 4.69) is 9.44 Å². The highest BCUT2D eigenvalue weighted by atomic mass is 32.2. The molecule has 0 unspecified atom stereocenters. The molecule has 8 nitrogen and oxygen atoms in total. The first kappa shape index (κ1) is 14.6. The lowest BCUT2D eigenvalue weighted by Crippen LogP contribution is -2.36. The summed E-state index contributed by atoms with van der Waals surface area (Å²) in [5, 5.41) is 0. The molecule has 0 bridgehead atoms. The fourth-order valence-corrected chi connectivity index (χ4v) is 2.62. The van der Waals surface area contributed by atoms with Crippen molar-refractivity contribution in [2.75, 3.05) is 36.4 Å². The zero-order valence-corrected chi connectivity index (χ0v) is 11.7. The Balaban J connectivity index is 2.18. The first-order chi connectivity index (χ1) is 9.43. The molecule has 20 heavy (non-hydrogen) atoms. The number of amides is 1. The van der Waals surface area contributed by atoms with Crippen molar-refractivity contribution in [2.45, 2.75) is 0 Å². The van der Waals surface area contributed by atoms with Gasteiger partial charge in [-0.2, -0.15) is 13.1 Å². The number of carbonyl (C=O) groups excluding carboxylic acids is 1. The van der Waals surface area contributed by atoms with Crippen LogP contribution in [0.4, 0.5) is 11.4 Å². The highest BCUT2D eigenvalue weighted by Gasteiger charge is 2.22. The average Bonchev–Trinajstić information content (AvgIpc) is 2.40. The van der Waals surface area contributed by atoms with Crippen LogP contribution in [0.2, 0.25) is 0 Å². The van der Waals surface area contributed by atoms with E-state index in [4.69, 9.17) is 10.5 Å². The Morgan fingerprint density at radius 2 is 2.20 bits per heavy atom. The van der Waals surface area contributed by atoms with Gasteiger partial charge >= 0.3 is 0 Å². The normalized spacial score (nSPS) is 14.7. The molecule has 1 heterocycles. The average molecular weight is 300 g/mol. The van der Waals surface area contributed by atoms with Gasteiger partial charge in [-0.15, -0.1) is 0 Å². The Hall–Kier alpha value is -1.84. The van der Waals surface area contributed by atoms with E-state index in [1.807, 2.05) is 0 Å². The van der Waals surface area contributed by atoms with Crippen LogP contribution in [0, 0.1) is 0 Å². The number of nitrogens with two attached hydrogens (primary N) is 1. The first-order valence-corrected chi connectivity index (χ1v) is 7.42. The maximum Gasteiger partial charge on any atom is 0.299 e. The van der Waals surface area contributed by atoms with Crippen molar-refractivity contribution in [3.8, 4) is 5.75 Å². The second kappa shape index (κ2) is 5.65. The van der Waals surface area contributed by atoms with Gasteiger partial charge in [0.1, 0.15) is 5.75 Å². The van der Waals surface area contributed by atoms with Crippen LogP contribution in [-0.2, 0) is 15.0 Å². The Morgan fingerprint density at radius 1 is 1.45 bits per heavy atom. The van der Waals surface area contributed by atoms with Crippen molar-refractivity contribution in [3.63, 3.8) is 0 Å². The molecule has 0 aromatic heterocycles. The van der Waals surface area contributed by atoms with Crippen molar-refractivity contribution in [1.29, 1.82) is 0 Å². The monoisotopic (exact) mass is 300 g/mol. The largest absolute Gasteiger partial charge is 0.481 e. The van der Waals surface area contributed by atoms with Gasteiger partial charge < -0.3 is 15.4 Å². The number of ether oxygens (including phenoxy) is 1. The van der Waals surface area contributed by atoms with Gasteiger partial charge in [-0.3, -0.25) is 9.52 Å². The zero-order valence-electron chi connectivity index (χ0n) is 10.9. The van der Waals surface area contributed by atoms with E-state index >= 15 is 0 Å². The maximum atomic E-state index is 11.7. The van der Waals surface area contributed by atoms with Crippen LogP contribution >= 0.6 is 0 Å². The summed E-state index contributed by atoms with van der Waals surface area (Å²) in [6, 6.07) is 4.70. The van der Waals surface area contributed by atoms with Gasteiger partial charge in [0, 0.05) is 26.2 Å². The predicted octanol–water partition coefficient (Wildman–Crippen LogP) is -0.753. The molecule has 110 valence electrons. The number of fused-ring (bicyclic) bond motifs is 1. The van der Waals surface area contributed by atoms with Crippen molar-refractivity contribution in [2.24, 2.45) is 5.73 Å². The van der Waals surface area contributed by atoms with Crippen LogP contribution in [0.3, 0.4) is 0 Å². The lowest BCUT2D eigenvalue weighted by molar-refractivity contribution is -0.120. The van der Waals surface area contributed by atoms with Crippen molar-refractivity contribution in [3.05, 3.63) is 18.2 Å². The molecule has 0 saturated carbocycles. The van der Waals surface area contributed by atoms with Crippen molar-refractivity contribution >= 4 is 27.5 Å². The quantitative estimate of drug-likeness (QED) is 0.662. The molecule has 4 N–H and O–H groups in total.